The second-order valence-corrected chi connectivity index (χ2v) is 6.41. The summed E-state index contributed by atoms with van der Waals surface area (Å²) in [5.74, 6) is -0.889. The van der Waals surface area contributed by atoms with Crippen molar-refractivity contribution in [1.29, 1.82) is 0 Å². The minimum absolute atomic E-state index is 0. The van der Waals surface area contributed by atoms with Gasteiger partial charge >= 0.3 is 6.18 Å². The van der Waals surface area contributed by atoms with Crippen LogP contribution in [-0.2, 0) is 22.3 Å². The van der Waals surface area contributed by atoms with Crippen molar-refractivity contribution in [3.05, 3.63) is 35.4 Å². The molecular formula is C17H23ClF3N3O2. The first-order valence-electron chi connectivity index (χ1n) is 8.04. The van der Waals surface area contributed by atoms with Crippen molar-refractivity contribution >= 4 is 24.2 Å². The number of benzene rings is 1. The number of hydrogen-bond donors (Lipinski definition) is 1. The van der Waals surface area contributed by atoms with Crippen molar-refractivity contribution < 1.29 is 22.8 Å². The van der Waals surface area contributed by atoms with Gasteiger partial charge in [0.1, 0.15) is 0 Å². The van der Waals surface area contributed by atoms with Crippen molar-refractivity contribution in [2.75, 3.05) is 20.1 Å². The molecule has 1 aromatic rings. The number of hydrogen-bond acceptors (Lipinski definition) is 3. The van der Waals surface area contributed by atoms with Gasteiger partial charge < -0.3 is 15.5 Å². The Morgan fingerprint density at radius 1 is 1.42 bits per heavy atom. The summed E-state index contributed by atoms with van der Waals surface area (Å²) in [5.41, 5.74) is 5.19. The van der Waals surface area contributed by atoms with E-state index in [0.29, 0.717) is 12.1 Å². The van der Waals surface area contributed by atoms with Gasteiger partial charge in [-0.25, -0.2) is 0 Å². The van der Waals surface area contributed by atoms with E-state index in [4.69, 9.17) is 5.73 Å². The molecule has 1 aliphatic rings. The number of amides is 2. The van der Waals surface area contributed by atoms with E-state index in [-0.39, 0.29) is 49.8 Å². The number of carbonyl (C=O) groups is 2. The molecule has 0 aromatic heterocycles. The molecule has 0 radical (unpaired) electrons. The SMILES string of the molecule is CC(CN)N(C)C(=O)C1CC(=O)N(Cc2cccc(C(F)(F)F)c2)C1.Cl. The molecule has 1 aromatic carbocycles. The third-order valence-corrected chi connectivity index (χ3v) is 4.54. The molecule has 2 N–H and O–H groups in total. The molecule has 0 bridgehead atoms. The molecule has 0 aliphatic carbocycles. The van der Waals surface area contributed by atoms with Gasteiger partial charge in [0.15, 0.2) is 0 Å². The Labute approximate surface area is 156 Å². The second-order valence-electron chi connectivity index (χ2n) is 6.41. The molecule has 0 saturated carbocycles. The zero-order valence-electron chi connectivity index (χ0n) is 14.6. The highest BCUT2D eigenvalue weighted by molar-refractivity contribution is 5.89. The maximum atomic E-state index is 12.8. The maximum absolute atomic E-state index is 12.8. The molecule has 1 fully saturated rings. The first-order valence-corrected chi connectivity index (χ1v) is 8.04. The van der Waals surface area contributed by atoms with E-state index in [9.17, 15) is 22.8 Å². The molecule has 1 aliphatic heterocycles. The number of likely N-dealkylation sites (tertiary alicyclic amines) is 1. The Hall–Kier alpha value is -1.80. The van der Waals surface area contributed by atoms with E-state index in [1.54, 1.807) is 13.1 Å². The number of likely N-dealkylation sites (N-methyl/N-ethyl adjacent to an activating group) is 1. The highest BCUT2D eigenvalue weighted by atomic mass is 35.5. The Kier molecular flexibility index (Phi) is 7.46. The molecule has 1 saturated heterocycles. The van der Waals surface area contributed by atoms with Crippen LogP contribution in [-0.4, -0.2) is 47.8 Å². The average molecular weight is 394 g/mol. The lowest BCUT2D eigenvalue weighted by Crippen LogP contribution is -2.43. The minimum atomic E-state index is -4.43. The normalized spacial score (nSPS) is 18.5. The summed E-state index contributed by atoms with van der Waals surface area (Å²) in [6.07, 6.45) is -4.36. The van der Waals surface area contributed by atoms with Gasteiger partial charge in [0.05, 0.1) is 11.5 Å². The number of carbonyl (C=O) groups excluding carboxylic acids is 2. The first-order chi connectivity index (χ1) is 11.6. The number of alkyl halides is 3. The van der Waals surface area contributed by atoms with Gasteiger partial charge in [-0.3, -0.25) is 9.59 Å². The quantitative estimate of drug-likeness (QED) is 0.834. The highest BCUT2D eigenvalue weighted by Crippen LogP contribution is 2.30. The standard InChI is InChI=1S/C17H22F3N3O2.ClH/c1-11(8-21)22(2)16(25)13-7-15(24)23(10-13)9-12-4-3-5-14(6-12)17(18,19)20;/h3-6,11,13H,7-10,21H2,1-2H3;1H. The van der Waals surface area contributed by atoms with E-state index >= 15 is 0 Å². The molecule has 5 nitrogen and oxygen atoms in total. The zero-order chi connectivity index (χ0) is 18.8. The summed E-state index contributed by atoms with van der Waals surface area (Å²) in [5, 5.41) is 0. The number of nitrogens with two attached hydrogens (primary N) is 1. The molecule has 9 heteroatoms. The van der Waals surface area contributed by atoms with Crippen molar-refractivity contribution in [2.24, 2.45) is 11.7 Å². The largest absolute Gasteiger partial charge is 0.416 e. The Morgan fingerprint density at radius 3 is 2.65 bits per heavy atom. The van der Waals surface area contributed by atoms with Gasteiger partial charge in [0.25, 0.3) is 0 Å². The fourth-order valence-corrected chi connectivity index (χ4v) is 2.82. The summed E-state index contributed by atoms with van der Waals surface area (Å²) >= 11 is 0. The van der Waals surface area contributed by atoms with E-state index in [1.165, 1.54) is 15.9 Å². The van der Waals surface area contributed by atoms with E-state index in [1.807, 2.05) is 6.92 Å². The summed E-state index contributed by atoms with van der Waals surface area (Å²) in [6, 6.07) is 4.74. The van der Waals surface area contributed by atoms with Crippen LogP contribution >= 0.6 is 12.4 Å². The fraction of sp³-hybridized carbons (Fsp3) is 0.529. The Bertz CT molecular complexity index is 654. The van der Waals surface area contributed by atoms with Crippen LogP contribution in [0.25, 0.3) is 0 Å². The molecule has 26 heavy (non-hydrogen) atoms. The van der Waals surface area contributed by atoms with Crippen LogP contribution in [0.1, 0.15) is 24.5 Å². The summed E-state index contributed by atoms with van der Waals surface area (Å²) in [6.45, 7) is 2.39. The fourth-order valence-electron chi connectivity index (χ4n) is 2.82. The predicted octanol–water partition coefficient (Wildman–Crippen LogP) is 2.28. The topological polar surface area (TPSA) is 66.6 Å². The minimum Gasteiger partial charge on any atom is -0.341 e. The van der Waals surface area contributed by atoms with Gasteiger partial charge in [-0.1, -0.05) is 12.1 Å². The first kappa shape index (κ1) is 22.2. The van der Waals surface area contributed by atoms with Crippen molar-refractivity contribution in [2.45, 2.75) is 32.1 Å². The van der Waals surface area contributed by atoms with Crippen LogP contribution in [0.15, 0.2) is 24.3 Å². The van der Waals surface area contributed by atoms with Gasteiger partial charge in [-0.2, -0.15) is 13.2 Å². The molecule has 146 valence electrons. The van der Waals surface area contributed by atoms with E-state index in [0.717, 1.165) is 12.1 Å². The van der Waals surface area contributed by atoms with Crippen LogP contribution < -0.4 is 5.73 Å². The summed E-state index contributed by atoms with van der Waals surface area (Å²) < 4.78 is 38.3. The van der Waals surface area contributed by atoms with Crippen molar-refractivity contribution in [3.8, 4) is 0 Å². The molecular weight excluding hydrogens is 371 g/mol. The van der Waals surface area contributed by atoms with Crippen molar-refractivity contribution in [3.63, 3.8) is 0 Å². The van der Waals surface area contributed by atoms with Crippen LogP contribution in [0, 0.1) is 5.92 Å². The monoisotopic (exact) mass is 393 g/mol. The van der Waals surface area contributed by atoms with Crippen molar-refractivity contribution in [1.82, 2.24) is 9.80 Å². The third kappa shape index (κ3) is 5.11. The number of halogens is 4. The smallest absolute Gasteiger partial charge is 0.341 e. The maximum Gasteiger partial charge on any atom is 0.416 e. The molecule has 2 rings (SSSR count). The molecule has 0 spiro atoms. The van der Waals surface area contributed by atoms with E-state index < -0.39 is 17.7 Å². The lowest BCUT2D eigenvalue weighted by Gasteiger charge is -2.26. The van der Waals surface area contributed by atoms with Gasteiger partial charge in [-0.05, 0) is 24.6 Å². The van der Waals surface area contributed by atoms with Gasteiger partial charge in [-0.15, -0.1) is 12.4 Å². The van der Waals surface area contributed by atoms with Gasteiger partial charge in [0, 0.05) is 39.1 Å². The van der Waals surface area contributed by atoms with Crippen LogP contribution in [0.4, 0.5) is 13.2 Å². The lowest BCUT2D eigenvalue weighted by atomic mass is 10.1. The summed E-state index contributed by atoms with van der Waals surface area (Å²) in [4.78, 5) is 27.5. The highest BCUT2D eigenvalue weighted by Gasteiger charge is 2.37. The van der Waals surface area contributed by atoms with E-state index in [2.05, 4.69) is 0 Å². The van der Waals surface area contributed by atoms with Gasteiger partial charge in [0.2, 0.25) is 11.8 Å². The lowest BCUT2D eigenvalue weighted by molar-refractivity contribution is -0.137. The average Bonchev–Trinajstić information content (AvgIpc) is 2.93. The van der Waals surface area contributed by atoms with Crippen LogP contribution in [0.3, 0.4) is 0 Å². The summed E-state index contributed by atoms with van der Waals surface area (Å²) in [7, 11) is 1.64. The molecule has 2 atom stereocenters. The zero-order valence-corrected chi connectivity index (χ0v) is 15.4. The third-order valence-electron chi connectivity index (χ3n) is 4.54. The van der Waals surface area contributed by atoms with Crippen LogP contribution in [0.5, 0.6) is 0 Å². The predicted molar refractivity (Wildman–Crippen MR) is 93.5 cm³/mol. The molecule has 2 unspecified atom stereocenters. The number of nitrogens with zero attached hydrogens (tertiary/aromatic N) is 2. The molecule has 1 heterocycles. The second kappa shape index (κ2) is 8.73. The molecule has 2 amide bonds. The number of rotatable bonds is 5. The Morgan fingerprint density at radius 2 is 2.08 bits per heavy atom. The van der Waals surface area contributed by atoms with Crippen LogP contribution in [0.2, 0.25) is 0 Å². The Balaban J connectivity index is 0.00000338.